The van der Waals surface area contributed by atoms with Gasteiger partial charge in [-0.3, -0.25) is 0 Å². The Hall–Kier alpha value is 4.53. The Labute approximate surface area is 166 Å². The van der Waals surface area contributed by atoms with E-state index in [1.165, 1.54) is 0 Å². The molecule has 8 heavy (non-hydrogen) atoms. The molecule has 8 heteroatoms. The van der Waals surface area contributed by atoms with Crippen LogP contribution in [0.25, 0.3) is 0 Å². The van der Waals surface area contributed by atoms with E-state index in [1.807, 2.05) is 0 Å². The van der Waals surface area contributed by atoms with Gasteiger partial charge in [0, 0.05) is 21.7 Å². The summed E-state index contributed by atoms with van der Waals surface area (Å²) in [6.45, 7) is 0. The molecule has 0 amide bonds. The molecule has 0 saturated heterocycles. The third-order valence-electron chi connectivity index (χ3n) is 0. The normalized spacial score (nSPS) is 0. The Morgan fingerprint density at radius 2 is 0.750 bits per heavy atom. The average molecular weight is 558 g/mol. The first-order valence-electron chi connectivity index (χ1n) is 0. The van der Waals surface area contributed by atoms with Gasteiger partial charge in [0.2, 0.25) is 0 Å². The van der Waals surface area contributed by atoms with Crippen molar-refractivity contribution in [3.05, 3.63) is 0 Å². The minimum absolute atomic E-state index is 0. The minimum Gasteiger partial charge on any atom is 0 e. The predicted octanol–water partition coefficient (Wildman–Crippen LogP) is -4.53. The van der Waals surface area contributed by atoms with Crippen LogP contribution in [0.4, 0.5) is 0 Å². The first-order chi connectivity index (χ1) is 0. The quantitative estimate of drug-likeness (QED) is 0.266. The molecule has 0 bridgehead atoms. The average Bonchev–Trinajstić information content (AvgIpc) is 0. The standard InChI is InChI=1S/Ba.4H2O.Pb.Sr.Ti.6H/h;4*1H2;;;;;;;;;/q+2;;;;;;+2;;;;4*-1. The second-order valence-electron chi connectivity index (χ2n) is 0. The zero-order valence-corrected chi connectivity index (χ0v) is 19.6. The Kier molecular flexibility index (Phi) is 633. The molecule has 2 radical (unpaired) electrons. The molecule has 0 spiro atoms. The molecule has 0 aromatic rings. The summed E-state index contributed by atoms with van der Waals surface area (Å²) < 4.78 is 0. The van der Waals surface area contributed by atoms with Gasteiger partial charge in [0.15, 0.2) is 0 Å². The van der Waals surface area contributed by atoms with Crippen molar-refractivity contribution < 1.29 is 49.3 Å². The van der Waals surface area contributed by atoms with Gasteiger partial charge in [0.05, 0.1) is 0 Å². The molecular formula is H14BaO4PbSrTi. The Bertz CT molecular complexity index is 27.0. The van der Waals surface area contributed by atoms with Crippen molar-refractivity contribution in [2.45, 2.75) is 0 Å². The Balaban J connectivity index is 0. The fourth-order valence-electron chi connectivity index (χ4n) is 0. The zero-order valence-electron chi connectivity index (χ0n) is 8.62. The van der Waals surface area contributed by atoms with E-state index >= 15 is 0 Å². The van der Waals surface area contributed by atoms with Crippen LogP contribution in [0, 0.1) is 0 Å². The Morgan fingerprint density at radius 3 is 0.750 bits per heavy atom. The van der Waals surface area contributed by atoms with Gasteiger partial charge >= 0.3 is 122 Å². The number of hydrogen-bond donors (Lipinski definition) is 0. The van der Waals surface area contributed by atoms with Crippen molar-refractivity contribution in [2.24, 2.45) is 0 Å². The molecule has 0 aromatic carbocycles. The predicted molar refractivity (Wildman–Crippen MR) is 39.0 cm³/mol. The molecule has 0 unspecified atom stereocenters. The van der Waals surface area contributed by atoms with E-state index < -0.39 is 0 Å². The summed E-state index contributed by atoms with van der Waals surface area (Å²) in [5.41, 5.74) is 0. The van der Waals surface area contributed by atoms with E-state index in [4.69, 9.17) is 0 Å². The minimum atomic E-state index is 0. The van der Waals surface area contributed by atoms with Gasteiger partial charge in [-0.1, -0.05) is 0 Å². The van der Waals surface area contributed by atoms with E-state index in [1.54, 1.807) is 0 Å². The molecule has 0 aliphatic carbocycles. The second kappa shape index (κ2) is 62.3. The van der Waals surface area contributed by atoms with E-state index in [-0.39, 0.29) is 171 Å². The van der Waals surface area contributed by atoms with Crippen molar-refractivity contribution in [1.82, 2.24) is 0 Å². The molecule has 0 aliphatic heterocycles. The molecule has 0 aliphatic rings. The first kappa shape index (κ1) is 81.2. The molecule has 4 nitrogen and oxygen atoms in total. The van der Waals surface area contributed by atoms with Crippen LogP contribution in [-0.4, -0.2) is 144 Å². The number of hydrogen-bond acceptors (Lipinski definition) is 0. The molecule has 8 N–H and O–H groups in total. The van der Waals surface area contributed by atoms with Crippen LogP contribution in [0.5, 0.6) is 0 Å². The molecule has 0 aromatic heterocycles. The van der Waals surface area contributed by atoms with Crippen molar-refractivity contribution in [2.75, 3.05) is 0 Å². The maximum atomic E-state index is 0. The topological polar surface area (TPSA) is 126 Å². The molecule has 0 saturated carbocycles. The molecule has 0 fully saturated rings. The molecule has 50 valence electrons. The van der Waals surface area contributed by atoms with Gasteiger partial charge < -0.3 is 27.6 Å². The fraction of sp³-hybridized carbons (Fsp3) is 0. The summed E-state index contributed by atoms with van der Waals surface area (Å²) in [6, 6.07) is 0. The van der Waals surface area contributed by atoms with Crippen LogP contribution in [0.2, 0.25) is 0 Å². The third kappa shape index (κ3) is 46.6. The SMILES string of the molecule is O.O.O.O.[Ba+2].[H-].[H-].[H-].[H-].[PbH2].[Sr+2].[Ti]. The van der Waals surface area contributed by atoms with Gasteiger partial charge in [-0.25, -0.2) is 0 Å². The first-order valence-corrected chi connectivity index (χ1v) is 0. The van der Waals surface area contributed by atoms with Gasteiger partial charge in [-0.2, -0.15) is 0 Å². The summed E-state index contributed by atoms with van der Waals surface area (Å²) in [7, 11) is 0. The number of rotatable bonds is 0. The largest absolute Gasteiger partial charge is 2.00 e. The third-order valence-corrected chi connectivity index (χ3v) is 0. The summed E-state index contributed by atoms with van der Waals surface area (Å²) >= 11 is 0. The zero-order chi connectivity index (χ0) is 0. The Morgan fingerprint density at radius 1 is 0.750 bits per heavy atom. The van der Waals surface area contributed by atoms with Crippen molar-refractivity contribution in [3.8, 4) is 0 Å². The van der Waals surface area contributed by atoms with Crippen LogP contribution in [0.3, 0.4) is 0 Å². The molecule has 0 atom stereocenters. The smallest absolute Gasteiger partial charge is 0 e. The van der Waals surface area contributed by atoms with Crippen molar-refractivity contribution in [3.63, 3.8) is 0 Å². The molecule has 0 rings (SSSR count). The maximum Gasteiger partial charge on any atom is 2.00 e. The van der Waals surface area contributed by atoms with Crippen molar-refractivity contribution in [1.29, 1.82) is 0 Å². The molecule has 0 heterocycles. The summed E-state index contributed by atoms with van der Waals surface area (Å²) in [5.74, 6) is 0. The van der Waals surface area contributed by atoms with Crippen LogP contribution in [-0.2, 0) is 21.7 Å². The molecular weight excluding hydrogens is 544 g/mol. The van der Waals surface area contributed by atoms with Crippen LogP contribution in [0.1, 0.15) is 5.71 Å². The van der Waals surface area contributed by atoms with E-state index in [9.17, 15) is 0 Å². The van der Waals surface area contributed by atoms with E-state index in [0.29, 0.717) is 0 Å². The van der Waals surface area contributed by atoms with E-state index in [2.05, 4.69) is 0 Å². The van der Waals surface area contributed by atoms with Crippen molar-refractivity contribution >= 4 is 122 Å². The van der Waals surface area contributed by atoms with Gasteiger partial charge in [-0.05, 0) is 0 Å². The second-order valence-corrected chi connectivity index (χ2v) is 0. The van der Waals surface area contributed by atoms with Crippen LogP contribution >= 0.6 is 0 Å². The van der Waals surface area contributed by atoms with Gasteiger partial charge in [0.25, 0.3) is 0 Å². The van der Waals surface area contributed by atoms with Gasteiger partial charge in [0.1, 0.15) is 0 Å². The van der Waals surface area contributed by atoms with Crippen LogP contribution in [0.15, 0.2) is 0 Å². The monoisotopic (exact) mass is 560 g/mol. The summed E-state index contributed by atoms with van der Waals surface area (Å²) in [6.07, 6.45) is 0. The fourth-order valence-corrected chi connectivity index (χ4v) is 0. The summed E-state index contributed by atoms with van der Waals surface area (Å²) in [5, 5.41) is 0. The maximum absolute atomic E-state index is 0. The summed E-state index contributed by atoms with van der Waals surface area (Å²) in [4.78, 5) is 0. The van der Waals surface area contributed by atoms with Crippen LogP contribution < -0.4 is 0 Å². The van der Waals surface area contributed by atoms with E-state index in [0.717, 1.165) is 0 Å². The van der Waals surface area contributed by atoms with Gasteiger partial charge in [-0.15, -0.1) is 0 Å².